The maximum absolute atomic E-state index is 11.9. The van der Waals surface area contributed by atoms with Crippen molar-refractivity contribution in [3.05, 3.63) is 35.4 Å². The maximum atomic E-state index is 11.9. The SMILES string of the molecule is CC[C@H](C)[C@@H](NC(=O)COC(=O)Cc1ccc(C)cc1)C(=O)OC. The maximum Gasteiger partial charge on any atom is 0.328 e. The lowest BCUT2D eigenvalue weighted by Crippen LogP contribution is -2.47. The molecule has 6 heteroatoms. The summed E-state index contributed by atoms with van der Waals surface area (Å²) in [5, 5.41) is 2.55. The van der Waals surface area contributed by atoms with Gasteiger partial charge in [0.15, 0.2) is 6.61 Å². The Balaban J connectivity index is 2.47. The summed E-state index contributed by atoms with van der Waals surface area (Å²) in [5.74, 6) is -1.61. The molecule has 0 aliphatic carbocycles. The van der Waals surface area contributed by atoms with Gasteiger partial charge in [-0.1, -0.05) is 50.1 Å². The summed E-state index contributed by atoms with van der Waals surface area (Å²) in [6, 6.07) is 6.74. The molecule has 0 radical (unpaired) electrons. The van der Waals surface area contributed by atoms with Crippen LogP contribution in [0.1, 0.15) is 31.4 Å². The molecular formula is C18H25NO5. The average molecular weight is 335 g/mol. The summed E-state index contributed by atoms with van der Waals surface area (Å²) in [7, 11) is 1.27. The number of hydrogen-bond donors (Lipinski definition) is 1. The third-order valence-electron chi connectivity index (χ3n) is 3.82. The van der Waals surface area contributed by atoms with Crippen LogP contribution in [0.2, 0.25) is 0 Å². The Labute approximate surface area is 142 Å². The quantitative estimate of drug-likeness (QED) is 0.733. The smallest absolute Gasteiger partial charge is 0.328 e. The van der Waals surface area contributed by atoms with Crippen LogP contribution in [0.4, 0.5) is 0 Å². The molecule has 0 spiro atoms. The first-order valence-corrected chi connectivity index (χ1v) is 7.95. The second-order valence-electron chi connectivity index (χ2n) is 5.78. The fourth-order valence-electron chi connectivity index (χ4n) is 2.08. The van der Waals surface area contributed by atoms with Crippen LogP contribution in [0.25, 0.3) is 0 Å². The topological polar surface area (TPSA) is 81.7 Å². The molecule has 0 aliphatic heterocycles. The van der Waals surface area contributed by atoms with Crippen molar-refractivity contribution in [2.45, 2.75) is 39.7 Å². The molecule has 0 bridgehead atoms. The first-order chi connectivity index (χ1) is 11.4. The summed E-state index contributed by atoms with van der Waals surface area (Å²) in [6.07, 6.45) is 0.798. The Kier molecular flexibility index (Phi) is 7.95. The van der Waals surface area contributed by atoms with Gasteiger partial charge in [-0.2, -0.15) is 0 Å². The van der Waals surface area contributed by atoms with E-state index in [1.165, 1.54) is 7.11 Å². The summed E-state index contributed by atoms with van der Waals surface area (Å²) in [6.45, 7) is 5.29. The number of rotatable bonds is 8. The minimum absolute atomic E-state index is 0.0790. The average Bonchev–Trinajstić information content (AvgIpc) is 2.58. The van der Waals surface area contributed by atoms with Gasteiger partial charge in [-0.25, -0.2) is 4.79 Å². The Hall–Kier alpha value is -2.37. The zero-order valence-corrected chi connectivity index (χ0v) is 14.6. The van der Waals surface area contributed by atoms with Gasteiger partial charge in [-0.15, -0.1) is 0 Å². The lowest BCUT2D eigenvalue weighted by Gasteiger charge is -2.21. The molecule has 6 nitrogen and oxygen atoms in total. The van der Waals surface area contributed by atoms with E-state index in [9.17, 15) is 14.4 Å². The molecule has 132 valence electrons. The lowest BCUT2D eigenvalue weighted by atomic mass is 9.99. The van der Waals surface area contributed by atoms with Gasteiger partial charge >= 0.3 is 11.9 Å². The van der Waals surface area contributed by atoms with E-state index >= 15 is 0 Å². The van der Waals surface area contributed by atoms with Crippen LogP contribution in [0.3, 0.4) is 0 Å². The highest BCUT2D eigenvalue weighted by Crippen LogP contribution is 2.09. The van der Waals surface area contributed by atoms with Crippen molar-refractivity contribution < 1.29 is 23.9 Å². The van der Waals surface area contributed by atoms with Crippen molar-refractivity contribution in [2.75, 3.05) is 13.7 Å². The van der Waals surface area contributed by atoms with Crippen LogP contribution in [-0.2, 0) is 30.3 Å². The van der Waals surface area contributed by atoms with E-state index in [1.54, 1.807) is 0 Å². The van der Waals surface area contributed by atoms with E-state index < -0.39 is 30.5 Å². The van der Waals surface area contributed by atoms with Crippen LogP contribution in [-0.4, -0.2) is 37.6 Å². The molecule has 0 saturated heterocycles. The molecule has 0 heterocycles. The van der Waals surface area contributed by atoms with Crippen molar-refractivity contribution >= 4 is 17.8 Å². The number of carbonyl (C=O) groups excluding carboxylic acids is 3. The molecule has 0 aliphatic rings. The molecule has 1 aromatic carbocycles. The minimum Gasteiger partial charge on any atom is -0.467 e. The molecule has 0 saturated carbocycles. The number of carbonyl (C=O) groups is 3. The Morgan fingerprint density at radius 1 is 1.17 bits per heavy atom. The zero-order chi connectivity index (χ0) is 18.1. The standard InChI is InChI=1S/C18H25NO5/c1-5-13(3)17(18(22)23-4)19-15(20)11-24-16(21)10-14-8-6-12(2)7-9-14/h6-9,13,17H,5,10-11H2,1-4H3,(H,19,20)/t13-,17+/m0/s1. The second kappa shape index (κ2) is 9.70. The van der Waals surface area contributed by atoms with Crippen molar-refractivity contribution in [3.63, 3.8) is 0 Å². The predicted octanol–water partition coefficient (Wildman–Crippen LogP) is 1.78. The van der Waals surface area contributed by atoms with Gasteiger partial charge in [0, 0.05) is 0 Å². The zero-order valence-electron chi connectivity index (χ0n) is 14.6. The minimum atomic E-state index is -0.747. The number of ether oxygens (including phenoxy) is 2. The Morgan fingerprint density at radius 3 is 2.33 bits per heavy atom. The van der Waals surface area contributed by atoms with Gasteiger partial charge in [0.2, 0.25) is 0 Å². The summed E-state index contributed by atoms with van der Waals surface area (Å²) in [4.78, 5) is 35.4. The summed E-state index contributed by atoms with van der Waals surface area (Å²) in [5.41, 5.74) is 1.92. The molecule has 1 N–H and O–H groups in total. The van der Waals surface area contributed by atoms with E-state index in [1.807, 2.05) is 45.0 Å². The number of benzene rings is 1. The molecule has 24 heavy (non-hydrogen) atoms. The van der Waals surface area contributed by atoms with E-state index in [-0.39, 0.29) is 12.3 Å². The normalized spacial score (nSPS) is 12.8. The Bertz CT molecular complexity index is 567. The highest BCUT2D eigenvalue weighted by atomic mass is 16.5. The number of hydrogen-bond acceptors (Lipinski definition) is 5. The van der Waals surface area contributed by atoms with Gasteiger partial charge in [0.05, 0.1) is 13.5 Å². The van der Waals surface area contributed by atoms with Crippen molar-refractivity contribution in [3.8, 4) is 0 Å². The van der Waals surface area contributed by atoms with E-state index in [0.29, 0.717) is 6.42 Å². The van der Waals surface area contributed by atoms with Crippen LogP contribution >= 0.6 is 0 Å². The van der Waals surface area contributed by atoms with E-state index in [2.05, 4.69) is 10.1 Å². The van der Waals surface area contributed by atoms with Gasteiger partial charge < -0.3 is 14.8 Å². The van der Waals surface area contributed by atoms with Gasteiger partial charge in [-0.05, 0) is 18.4 Å². The van der Waals surface area contributed by atoms with Crippen molar-refractivity contribution in [2.24, 2.45) is 5.92 Å². The predicted molar refractivity (Wildman–Crippen MR) is 89.2 cm³/mol. The van der Waals surface area contributed by atoms with Crippen LogP contribution in [0.5, 0.6) is 0 Å². The van der Waals surface area contributed by atoms with Crippen molar-refractivity contribution in [1.82, 2.24) is 5.32 Å². The monoisotopic (exact) mass is 335 g/mol. The van der Waals surface area contributed by atoms with Crippen LogP contribution < -0.4 is 5.32 Å². The molecule has 1 amide bonds. The van der Waals surface area contributed by atoms with Crippen LogP contribution in [0, 0.1) is 12.8 Å². The number of nitrogens with one attached hydrogen (secondary N) is 1. The molecule has 2 atom stereocenters. The first kappa shape index (κ1) is 19.7. The fraction of sp³-hybridized carbons (Fsp3) is 0.500. The fourth-order valence-corrected chi connectivity index (χ4v) is 2.08. The number of methoxy groups -OCH3 is 1. The lowest BCUT2D eigenvalue weighted by molar-refractivity contribution is -0.150. The van der Waals surface area contributed by atoms with Gasteiger partial charge in [0.25, 0.3) is 5.91 Å². The van der Waals surface area contributed by atoms with Crippen LogP contribution in [0.15, 0.2) is 24.3 Å². The largest absolute Gasteiger partial charge is 0.467 e. The second-order valence-corrected chi connectivity index (χ2v) is 5.78. The third kappa shape index (κ3) is 6.40. The van der Waals surface area contributed by atoms with Gasteiger partial charge in [-0.3, -0.25) is 9.59 Å². The molecular weight excluding hydrogens is 310 g/mol. The summed E-state index contributed by atoms with van der Waals surface area (Å²) >= 11 is 0. The molecule has 0 aromatic heterocycles. The highest BCUT2D eigenvalue weighted by molar-refractivity contribution is 5.86. The molecule has 1 aromatic rings. The molecule has 1 rings (SSSR count). The number of esters is 2. The van der Waals surface area contributed by atoms with E-state index in [4.69, 9.17) is 4.74 Å². The summed E-state index contributed by atoms with van der Waals surface area (Å²) < 4.78 is 9.65. The number of aryl methyl sites for hydroxylation is 1. The number of amides is 1. The van der Waals surface area contributed by atoms with Crippen molar-refractivity contribution in [1.29, 1.82) is 0 Å². The third-order valence-corrected chi connectivity index (χ3v) is 3.82. The Morgan fingerprint density at radius 2 is 1.79 bits per heavy atom. The molecule has 0 fully saturated rings. The van der Waals surface area contributed by atoms with E-state index in [0.717, 1.165) is 11.1 Å². The highest BCUT2D eigenvalue weighted by Gasteiger charge is 2.26. The molecule has 0 unspecified atom stereocenters. The van der Waals surface area contributed by atoms with Gasteiger partial charge in [0.1, 0.15) is 6.04 Å². The first-order valence-electron chi connectivity index (χ1n) is 7.95.